The molecule has 9 heteroatoms. The van der Waals surface area contributed by atoms with Gasteiger partial charge in [0.1, 0.15) is 0 Å². The minimum atomic E-state index is -3.84. The van der Waals surface area contributed by atoms with Crippen LogP contribution in [0.5, 0.6) is 0 Å². The summed E-state index contributed by atoms with van der Waals surface area (Å²) in [4.78, 5) is 24.4. The number of carboxylic acid groups (broad SMARTS) is 1. The lowest BCUT2D eigenvalue weighted by atomic mass is 10.1. The maximum atomic E-state index is 12.6. The van der Waals surface area contributed by atoms with Crippen molar-refractivity contribution in [3.8, 4) is 0 Å². The molecule has 0 radical (unpaired) electrons. The second-order valence-corrected chi connectivity index (χ2v) is 8.35. The second-order valence-electron chi connectivity index (χ2n) is 6.26. The van der Waals surface area contributed by atoms with E-state index >= 15 is 0 Å². The third-order valence-corrected chi connectivity index (χ3v) is 6.24. The highest BCUT2D eigenvalue weighted by Crippen LogP contribution is 2.28. The summed E-state index contributed by atoms with van der Waals surface area (Å²) >= 11 is 6.02. The zero-order valence-corrected chi connectivity index (χ0v) is 15.9. The fraction of sp³-hybridized carbons (Fsp3) is 0.222. The van der Waals surface area contributed by atoms with Gasteiger partial charge in [-0.15, -0.1) is 0 Å². The largest absolute Gasteiger partial charge is 0.481 e. The van der Waals surface area contributed by atoms with Crippen LogP contribution < -0.4 is 9.62 Å². The van der Waals surface area contributed by atoms with Crippen molar-refractivity contribution in [3.05, 3.63) is 53.1 Å². The van der Waals surface area contributed by atoms with Crippen molar-refractivity contribution in [1.82, 2.24) is 0 Å². The number of carbonyl (C=O) groups is 2. The van der Waals surface area contributed by atoms with Crippen molar-refractivity contribution in [3.63, 3.8) is 0 Å². The number of halogens is 1. The van der Waals surface area contributed by atoms with E-state index in [0.29, 0.717) is 22.0 Å². The van der Waals surface area contributed by atoms with Gasteiger partial charge in [-0.05, 0) is 48.9 Å². The Balaban J connectivity index is 1.81. The second kappa shape index (κ2) is 7.21. The highest BCUT2D eigenvalue weighted by molar-refractivity contribution is 7.92. The van der Waals surface area contributed by atoms with Crippen molar-refractivity contribution < 1.29 is 23.1 Å². The minimum absolute atomic E-state index is 0.0204. The molecule has 0 aliphatic carbocycles. The van der Waals surface area contributed by atoms with Crippen LogP contribution in [0.3, 0.4) is 0 Å². The van der Waals surface area contributed by atoms with E-state index in [9.17, 15) is 18.0 Å². The van der Waals surface area contributed by atoms with Gasteiger partial charge in [0.15, 0.2) is 0 Å². The average molecular weight is 409 g/mol. The van der Waals surface area contributed by atoms with Crippen molar-refractivity contribution in [2.24, 2.45) is 5.92 Å². The van der Waals surface area contributed by atoms with Gasteiger partial charge >= 0.3 is 5.97 Å². The van der Waals surface area contributed by atoms with Crippen LogP contribution in [0.4, 0.5) is 11.4 Å². The predicted octanol–water partition coefficient (Wildman–Crippen LogP) is 2.89. The first kappa shape index (κ1) is 19.2. The van der Waals surface area contributed by atoms with E-state index < -0.39 is 21.9 Å². The molecular formula is C18H17ClN2O5S. The van der Waals surface area contributed by atoms with Crippen LogP contribution in [0, 0.1) is 12.8 Å². The molecular weight excluding hydrogens is 392 g/mol. The van der Waals surface area contributed by atoms with Gasteiger partial charge in [0.2, 0.25) is 5.91 Å². The number of aliphatic carboxylic acids is 1. The summed E-state index contributed by atoms with van der Waals surface area (Å²) in [6, 6.07) is 10.7. The SMILES string of the molecule is Cc1c(Cl)cccc1NS(=O)(=O)c1ccc(N2CC(C(=O)O)CC2=O)cc1. The zero-order valence-electron chi connectivity index (χ0n) is 14.3. The molecule has 0 aromatic heterocycles. The highest BCUT2D eigenvalue weighted by Gasteiger charge is 2.35. The Morgan fingerprint density at radius 3 is 2.48 bits per heavy atom. The van der Waals surface area contributed by atoms with Crippen LogP contribution >= 0.6 is 11.6 Å². The summed E-state index contributed by atoms with van der Waals surface area (Å²) in [5.74, 6) is -2.08. The van der Waals surface area contributed by atoms with Crippen LogP contribution in [0.15, 0.2) is 47.4 Å². The molecule has 1 heterocycles. The lowest BCUT2D eigenvalue weighted by Crippen LogP contribution is -2.25. The molecule has 1 aliphatic heterocycles. The zero-order chi connectivity index (χ0) is 19.8. The van der Waals surface area contributed by atoms with Crippen molar-refractivity contribution in [1.29, 1.82) is 0 Å². The number of nitrogens with one attached hydrogen (secondary N) is 1. The molecule has 3 rings (SSSR count). The Morgan fingerprint density at radius 2 is 1.89 bits per heavy atom. The summed E-state index contributed by atoms with van der Waals surface area (Å²) in [6.07, 6.45) is -0.0645. The first-order chi connectivity index (χ1) is 12.7. The van der Waals surface area contributed by atoms with Crippen molar-refractivity contribution in [2.75, 3.05) is 16.2 Å². The Bertz CT molecular complexity index is 1000. The first-order valence-electron chi connectivity index (χ1n) is 8.10. The third kappa shape index (κ3) is 3.91. The van der Waals surface area contributed by atoms with Gasteiger partial charge < -0.3 is 10.0 Å². The fourth-order valence-electron chi connectivity index (χ4n) is 2.85. The number of amides is 1. The molecule has 0 saturated carbocycles. The smallest absolute Gasteiger partial charge is 0.308 e. The number of carbonyl (C=O) groups excluding carboxylic acids is 1. The van der Waals surface area contributed by atoms with Crippen LogP contribution in [-0.4, -0.2) is 31.9 Å². The van der Waals surface area contributed by atoms with Crippen molar-refractivity contribution >= 4 is 44.9 Å². The molecule has 2 aromatic rings. The molecule has 7 nitrogen and oxygen atoms in total. The Labute approximate surface area is 161 Å². The number of rotatable bonds is 5. The Morgan fingerprint density at radius 1 is 1.22 bits per heavy atom. The van der Waals surface area contributed by atoms with Gasteiger partial charge in [0.05, 0.1) is 16.5 Å². The number of nitrogens with zero attached hydrogens (tertiary/aromatic N) is 1. The van der Waals surface area contributed by atoms with E-state index in [1.165, 1.54) is 29.2 Å². The number of sulfonamides is 1. The van der Waals surface area contributed by atoms with Gasteiger partial charge in [-0.3, -0.25) is 14.3 Å². The van der Waals surface area contributed by atoms with E-state index in [4.69, 9.17) is 16.7 Å². The minimum Gasteiger partial charge on any atom is -0.481 e. The molecule has 1 saturated heterocycles. The molecule has 1 unspecified atom stereocenters. The molecule has 27 heavy (non-hydrogen) atoms. The van der Waals surface area contributed by atoms with E-state index in [1.54, 1.807) is 25.1 Å². The van der Waals surface area contributed by atoms with Gasteiger partial charge in [-0.25, -0.2) is 8.42 Å². The quantitative estimate of drug-likeness (QED) is 0.791. The fourth-order valence-corrected chi connectivity index (χ4v) is 4.15. The maximum absolute atomic E-state index is 12.6. The summed E-state index contributed by atoms with van der Waals surface area (Å²) in [5.41, 5.74) is 1.45. The topological polar surface area (TPSA) is 104 Å². The third-order valence-electron chi connectivity index (χ3n) is 4.44. The van der Waals surface area contributed by atoms with Crippen LogP contribution in [0.1, 0.15) is 12.0 Å². The average Bonchev–Trinajstić information content (AvgIpc) is 3.01. The number of hydrogen-bond donors (Lipinski definition) is 2. The highest BCUT2D eigenvalue weighted by atomic mass is 35.5. The van der Waals surface area contributed by atoms with Gasteiger partial charge in [0.25, 0.3) is 10.0 Å². The molecule has 1 fully saturated rings. The molecule has 2 aromatic carbocycles. The number of hydrogen-bond acceptors (Lipinski definition) is 4. The van der Waals surface area contributed by atoms with E-state index in [-0.39, 0.29) is 23.8 Å². The maximum Gasteiger partial charge on any atom is 0.308 e. The molecule has 0 bridgehead atoms. The summed E-state index contributed by atoms with van der Waals surface area (Å²) < 4.78 is 27.7. The summed E-state index contributed by atoms with van der Waals surface area (Å²) in [7, 11) is -3.84. The molecule has 1 aliphatic rings. The summed E-state index contributed by atoms with van der Waals surface area (Å²) in [6.45, 7) is 1.78. The van der Waals surface area contributed by atoms with Crippen LogP contribution in [0.2, 0.25) is 5.02 Å². The Kier molecular flexibility index (Phi) is 5.12. The molecule has 2 N–H and O–H groups in total. The number of carboxylic acids is 1. The summed E-state index contributed by atoms with van der Waals surface area (Å²) in [5, 5.41) is 9.50. The van der Waals surface area contributed by atoms with E-state index in [1.807, 2.05) is 0 Å². The first-order valence-corrected chi connectivity index (χ1v) is 9.96. The standard InChI is InChI=1S/C18H17ClN2O5S/c1-11-15(19)3-2-4-16(11)20-27(25,26)14-7-5-13(6-8-14)21-10-12(18(23)24)9-17(21)22/h2-8,12,20H,9-10H2,1H3,(H,23,24). The van der Waals surface area contributed by atoms with Gasteiger partial charge in [-0.1, -0.05) is 17.7 Å². The normalized spacial score (nSPS) is 17.2. The molecule has 1 amide bonds. The molecule has 1 atom stereocenters. The van der Waals surface area contributed by atoms with Gasteiger partial charge in [0, 0.05) is 23.7 Å². The van der Waals surface area contributed by atoms with Gasteiger partial charge in [-0.2, -0.15) is 0 Å². The monoisotopic (exact) mass is 408 g/mol. The van der Waals surface area contributed by atoms with E-state index in [2.05, 4.69) is 4.72 Å². The van der Waals surface area contributed by atoms with Crippen molar-refractivity contribution in [2.45, 2.75) is 18.2 Å². The molecule has 0 spiro atoms. The van der Waals surface area contributed by atoms with Crippen LogP contribution in [0.25, 0.3) is 0 Å². The predicted molar refractivity (Wildman–Crippen MR) is 102 cm³/mol. The van der Waals surface area contributed by atoms with E-state index in [0.717, 1.165) is 0 Å². The lowest BCUT2D eigenvalue weighted by Gasteiger charge is -2.17. The molecule has 142 valence electrons. The number of benzene rings is 2. The lowest BCUT2D eigenvalue weighted by molar-refractivity contribution is -0.141. The Hall–Kier alpha value is -2.58. The van der Waals surface area contributed by atoms with Crippen LogP contribution in [-0.2, 0) is 19.6 Å². The number of anilines is 2.